The largest absolute Gasteiger partial charge is 0.134 e. The number of hydrogen-bond acceptors (Lipinski definition) is 1. The number of benzene rings is 3. The van der Waals surface area contributed by atoms with Crippen LogP contribution in [-0.4, -0.2) is 0 Å². The summed E-state index contributed by atoms with van der Waals surface area (Å²) in [7, 11) is 0. The molecule has 0 bridgehead atoms. The first kappa shape index (κ1) is 13.6. The Labute approximate surface area is 138 Å². The molecule has 0 saturated heterocycles. The van der Waals surface area contributed by atoms with Crippen molar-refractivity contribution >= 4 is 33.0 Å². The Morgan fingerprint density at radius 3 is 1.95 bits per heavy atom. The molecule has 0 aliphatic heterocycles. The maximum absolute atomic E-state index is 6.52. The number of hydrogen-bond donors (Lipinski definition) is 0. The lowest BCUT2D eigenvalue weighted by Crippen LogP contribution is -1.80. The summed E-state index contributed by atoms with van der Waals surface area (Å²) in [6, 6.07) is 27.1. The van der Waals surface area contributed by atoms with Gasteiger partial charge in [0.25, 0.3) is 0 Å². The van der Waals surface area contributed by atoms with Crippen molar-refractivity contribution in [2.24, 2.45) is 0 Å². The monoisotopic (exact) mass is 320 g/mol. The molecule has 106 valence electrons. The molecule has 0 radical (unpaired) electrons. The molecule has 1 aromatic heterocycles. The summed E-state index contributed by atoms with van der Waals surface area (Å²) in [5.41, 5.74) is 3.68. The van der Waals surface area contributed by atoms with Gasteiger partial charge in [0.2, 0.25) is 0 Å². The molecule has 0 fully saturated rings. The van der Waals surface area contributed by atoms with Crippen LogP contribution >= 0.6 is 22.9 Å². The predicted molar refractivity (Wildman–Crippen MR) is 97.7 cm³/mol. The minimum Gasteiger partial charge on any atom is -0.134 e. The summed E-state index contributed by atoms with van der Waals surface area (Å²) in [5.74, 6) is 0. The zero-order valence-electron chi connectivity index (χ0n) is 11.8. The highest BCUT2D eigenvalue weighted by molar-refractivity contribution is 7.23. The lowest BCUT2D eigenvalue weighted by Gasteiger charge is -2.06. The molecule has 0 amide bonds. The molecule has 1 heterocycles. The van der Waals surface area contributed by atoms with Gasteiger partial charge in [0, 0.05) is 25.5 Å². The average molecular weight is 321 g/mol. The van der Waals surface area contributed by atoms with Gasteiger partial charge in [-0.05, 0) is 23.3 Å². The predicted octanol–water partition coefficient (Wildman–Crippen LogP) is 6.89. The second kappa shape index (κ2) is 5.60. The van der Waals surface area contributed by atoms with Gasteiger partial charge in [-0.3, -0.25) is 0 Å². The minimum absolute atomic E-state index is 0.815. The van der Waals surface area contributed by atoms with E-state index in [1.54, 1.807) is 11.3 Å². The Morgan fingerprint density at radius 2 is 1.27 bits per heavy atom. The Hall–Kier alpha value is -2.09. The first-order valence-electron chi connectivity index (χ1n) is 7.16. The molecule has 0 nitrogen and oxygen atoms in total. The van der Waals surface area contributed by atoms with Crippen LogP contribution in [-0.2, 0) is 0 Å². The van der Waals surface area contributed by atoms with Gasteiger partial charge in [-0.2, -0.15) is 0 Å². The summed E-state index contributed by atoms with van der Waals surface area (Å²) < 4.78 is 1.23. The van der Waals surface area contributed by atoms with Gasteiger partial charge in [0.1, 0.15) is 0 Å². The number of thiophene rings is 1. The third-order valence-electron chi connectivity index (χ3n) is 3.76. The van der Waals surface area contributed by atoms with E-state index in [0.29, 0.717) is 0 Å². The Balaban J connectivity index is 2.11. The van der Waals surface area contributed by atoms with E-state index in [2.05, 4.69) is 54.6 Å². The molecule has 3 aromatic carbocycles. The third-order valence-corrected chi connectivity index (χ3v) is 5.28. The maximum atomic E-state index is 6.52. The highest BCUT2D eigenvalue weighted by atomic mass is 35.5. The third kappa shape index (κ3) is 2.23. The van der Waals surface area contributed by atoms with Crippen molar-refractivity contribution in [1.29, 1.82) is 0 Å². The normalized spacial score (nSPS) is 11.0. The fraction of sp³-hybridized carbons (Fsp3) is 0. The highest BCUT2D eigenvalue weighted by Crippen LogP contribution is 2.46. The zero-order valence-corrected chi connectivity index (χ0v) is 13.4. The molecular formula is C20H13ClS. The van der Waals surface area contributed by atoms with Crippen molar-refractivity contribution < 1.29 is 0 Å². The molecule has 0 saturated carbocycles. The van der Waals surface area contributed by atoms with E-state index in [-0.39, 0.29) is 0 Å². The van der Waals surface area contributed by atoms with E-state index >= 15 is 0 Å². The van der Waals surface area contributed by atoms with Gasteiger partial charge in [0.15, 0.2) is 0 Å². The van der Waals surface area contributed by atoms with Crippen LogP contribution in [0.3, 0.4) is 0 Å². The molecule has 22 heavy (non-hydrogen) atoms. The van der Waals surface area contributed by atoms with Crippen molar-refractivity contribution in [3.8, 4) is 21.6 Å². The van der Waals surface area contributed by atoms with E-state index in [1.807, 2.05) is 24.3 Å². The topological polar surface area (TPSA) is 0 Å². The molecule has 0 aliphatic rings. The van der Waals surface area contributed by atoms with Gasteiger partial charge >= 0.3 is 0 Å². The fourth-order valence-corrected chi connectivity index (χ4v) is 4.36. The summed E-state index contributed by atoms with van der Waals surface area (Å²) in [6.07, 6.45) is 0. The van der Waals surface area contributed by atoms with Gasteiger partial charge in [-0.25, -0.2) is 0 Å². The van der Waals surface area contributed by atoms with Gasteiger partial charge in [-0.1, -0.05) is 78.3 Å². The van der Waals surface area contributed by atoms with Crippen molar-refractivity contribution in [2.45, 2.75) is 0 Å². The molecule has 4 aromatic rings. The number of rotatable bonds is 2. The minimum atomic E-state index is 0.815. The molecule has 4 rings (SSSR count). The van der Waals surface area contributed by atoms with Crippen LogP contribution in [0.4, 0.5) is 0 Å². The summed E-state index contributed by atoms with van der Waals surface area (Å²) in [5, 5.41) is 1.97. The quantitative estimate of drug-likeness (QED) is 0.377. The standard InChI is InChI=1S/C20H13ClS/c21-16-12-7-13-17-19(16)18(14-8-3-1-4-9-14)20(22-17)15-10-5-2-6-11-15/h1-13H. The summed E-state index contributed by atoms with van der Waals surface area (Å²) in [4.78, 5) is 1.27. The molecule has 0 N–H and O–H groups in total. The van der Waals surface area contributed by atoms with E-state index in [4.69, 9.17) is 11.6 Å². The first-order valence-corrected chi connectivity index (χ1v) is 8.36. The maximum Gasteiger partial charge on any atom is 0.0499 e. The van der Waals surface area contributed by atoms with Crippen LogP contribution in [0.2, 0.25) is 5.02 Å². The summed E-state index contributed by atoms with van der Waals surface area (Å²) in [6.45, 7) is 0. The lowest BCUT2D eigenvalue weighted by atomic mass is 9.99. The van der Waals surface area contributed by atoms with E-state index in [9.17, 15) is 0 Å². The van der Waals surface area contributed by atoms with Crippen LogP contribution in [0.25, 0.3) is 31.7 Å². The van der Waals surface area contributed by atoms with E-state index in [0.717, 1.165) is 10.4 Å². The number of fused-ring (bicyclic) bond motifs is 1. The van der Waals surface area contributed by atoms with Gasteiger partial charge in [-0.15, -0.1) is 11.3 Å². The van der Waals surface area contributed by atoms with Gasteiger partial charge < -0.3 is 0 Å². The van der Waals surface area contributed by atoms with Crippen LogP contribution in [0.5, 0.6) is 0 Å². The van der Waals surface area contributed by atoms with Crippen LogP contribution in [0.15, 0.2) is 78.9 Å². The molecule has 0 aliphatic carbocycles. The van der Waals surface area contributed by atoms with Crippen LogP contribution in [0, 0.1) is 0 Å². The lowest BCUT2D eigenvalue weighted by molar-refractivity contribution is 1.66. The first-order chi connectivity index (χ1) is 10.8. The van der Waals surface area contributed by atoms with Crippen LogP contribution < -0.4 is 0 Å². The van der Waals surface area contributed by atoms with Crippen molar-refractivity contribution in [3.05, 3.63) is 83.9 Å². The second-order valence-corrected chi connectivity index (χ2v) is 6.61. The van der Waals surface area contributed by atoms with Gasteiger partial charge in [0.05, 0.1) is 0 Å². The summed E-state index contributed by atoms with van der Waals surface area (Å²) >= 11 is 8.32. The van der Waals surface area contributed by atoms with E-state index < -0.39 is 0 Å². The Kier molecular flexibility index (Phi) is 3.45. The highest BCUT2D eigenvalue weighted by Gasteiger charge is 2.17. The smallest absolute Gasteiger partial charge is 0.0499 e. The second-order valence-electron chi connectivity index (χ2n) is 5.15. The molecule has 0 unspecified atom stereocenters. The average Bonchev–Trinajstić information content (AvgIpc) is 2.97. The van der Waals surface area contributed by atoms with Crippen molar-refractivity contribution in [1.82, 2.24) is 0 Å². The SMILES string of the molecule is Clc1cccc2sc(-c3ccccc3)c(-c3ccccc3)c12. The molecule has 0 atom stereocenters. The van der Waals surface area contributed by atoms with Crippen molar-refractivity contribution in [2.75, 3.05) is 0 Å². The number of halogens is 1. The Bertz CT molecular complexity index is 924. The van der Waals surface area contributed by atoms with Crippen LogP contribution in [0.1, 0.15) is 0 Å². The Morgan fingerprint density at radius 1 is 0.636 bits per heavy atom. The fourth-order valence-electron chi connectivity index (χ4n) is 2.78. The van der Waals surface area contributed by atoms with E-state index in [1.165, 1.54) is 26.3 Å². The molecular weight excluding hydrogens is 308 g/mol. The van der Waals surface area contributed by atoms with Crippen molar-refractivity contribution in [3.63, 3.8) is 0 Å². The molecule has 0 spiro atoms. The zero-order chi connectivity index (χ0) is 14.9. The molecule has 2 heteroatoms.